The highest BCUT2D eigenvalue weighted by atomic mass is 16.5. The van der Waals surface area contributed by atoms with E-state index >= 15 is 0 Å². The molecule has 0 aliphatic carbocycles. The van der Waals surface area contributed by atoms with Crippen LogP contribution in [0.3, 0.4) is 0 Å². The number of unbranched alkanes of at least 4 members (excludes halogenated alkanes) is 16. The van der Waals surface area contributed by atoms with Crippen LogP contribution in [0.1, 0.15) is 155 Å². The van der Waals surface area contributed by atoms with Gasteiger partial charge in [0.05, 0.1) is 12.7 Å². The minimum absolute atomic E-state index is 0.0306. The van der Waals surface area contributed by atoms with Crippen LogP contribution in [0.4, 0.5) is 0 Å². The third-order valence-corrected chi connectivity index (χ3v) is 6.07. The lowest BCUT2D eigenvalue weighted by atomic mass is 10.0. The molecule has 0 radical (unpaired) electrons. The maximum Gasteiger partial charge on any atom is 0.305 e. The van der Waals surface area contributed by atoms with Gasteiger partial charge in [-0.15, -0.1) is 0 Å². The predicted octanol–water partition coefficient (Wildman–Crippen LogP) is 8.51. The molecule has 3 heteroatoms. The van der Waals surface area contributed by atoms with Gasteiger partial charge in [-0.3, -0.25) is 4.79 Å². The van der Waals surface area contributed by atoms with E-state index in [1.165, 1.54) is 83.5 Å². The van der Waals surface area contributed by atoms with Gasteiger partial charge in [0.15, 0.2) is 0 Å². The van der Waals surface area contributed by atoms with Crippen molar-refractivity contribution in [3.8, 4) is 0 Å². The molecule has 0 saturated carbocycles. The number of carbonyl (C=O) groups is 1. The van der Waals surface area contributed by atoms with Crippen LogP contribution in [-0.2, 0) is 9.53 Å². The van der Waals surface area contributed by atoms with Gasteiger partial charge in [-0.2, -0.15) is 0 Å². The molecule has 0 aromatic heterocycles. The number of carbonyl (C=O) groups excluding carboxylic acids is 1. The van der Waals surface area contributed by atoms with Crippen molar-refractivity contribution in [2.45, 2.75) is 161 Å². The molecule has 30 heavy (non-hydrogen) atoms. The Morgan fingerprint density at radius 2 is 1.00 bits per heavy atom. The zero-order valence-corrected chi connectivity index (χ0v) is 20.6. The van der Waals surface area contributed by atoms with Gasteiger partial charge in [0.25, 0.3) is 0 Å². The molecule has 0 saturated heterocycles. The molecule has 0 aromatic carbocycles. The van der Waals surface area contributed by atoms with E-state index in [0.717, 1.165) is 51.4 Å². The maximum absolute atomic E-state index is 11.8. The van der Waals surface area contributed by atoms with Gasteiger partial charge >= 0.3 is 5.97 Å². The molecular formula is C27H54O3. The van der Waals surface area contributed by atoms with Crippen molar-refractivity contribution < 1.29 is 14.6 Å². The van der Waals surface area contributed by atoms with Gasteiger partial charge in [-0.05, 0) is 25.7 Å². The minimum Gasteiger partial charge on any atom is -0.466 e. The van der Waals surface area contributed by atoms with Gasteiger partial charge in [-0.25, -0.2) is 0 Å². The fourth-order valence-corrected chi connectivity index (χ4v) is 3.98. The van der Waals surface area contributed by atoms with Gasteiger partial charge < -0.3 is 9.84 Å². The van der Waals surface area contributed by atoms with Crippen molar-refractivity contribution >= 4 is 5.97 Å². The van der Waals surface area contributed by atoms with Crippen molar-refractivity contribution in [3.05, 3.63) is 0 Å². The van der Waals surface area contributed by atoms with Crippen molar-refractivity contribution in [1.29, 1.82) is 0 Å². The quantitative estimate of drug-likeness (QED) is 0.124. The summed E-state index contributed by atoms with van der Waals surface area (Å²) in [4.78, 5) is 11.8. The molecule has 0 aromatic rings. The molecule has 0 rings (SSSR count). The zero-order chi connectivity index (χ0) is 22.1. The van der Waals surface area contributed by atoms with E-state index in [2.05, 4.69) is 13.8 Å². The number of hydrogen-bond donors (Lipinski definition) is 1. The first-order valence-corrected chi connectivity index (χ1v) is 13.5. The standard InChI is InChI=1S/C27H54O3/c1-3-5-7-9-11-13-17-21-25-30-27(29)24-20-16-15-19-23-26(28)22-18-14-12-10-8-6-4-2/h26,28H,3-25H2,1-2H3/t26-/m1/s1. The molecule has 0 heterocycles. The summed E-state index contributed by atoms with van der Waals surface area (Å²) < 4.78 is 5.34. The molecular weight excluding hydrogens is 372 g/mol. The summed E-state index contributed by atoms with van der Waals surface area (Å²) in [7, 11) is 0. The highest BCUT2D eigenvalue weighted by molar-refractivity contribution is 5.69. The Hall–Kier alpha value is -0.570. The van der Waals surface area contributed by atoms with E-state index in [-0.39, 0.29) is 12.1 Å². The molecule has 180 valence electrons. The van der Waals surface area contributed by atoms with Crippen LogP contribution in [0.5, 0.6) is 0 Å². The molecule has 0 bridgehead atoms. The third-order valence-electron chi connectivity index (χ3n) is 6.07. The molecule has 0 aliphatic rings. The molecule has 3 nitrogen and oxygen atoms in total. The van der Waals surface area contributed by atoms with E-state index < -0.39 is 0 Å². The first-order chi connectivity index (χ1) is 14.7. The van der Waals surface area contributed by atoms with Crippen LogP contribution in [-0.4, -0.2) is 23.8 Å². The third kappa shape index (κ3) is 23.7. The Kier molecular flexibility index (Phi) is 24.2. The summed E-state index contributed by atoms with van der Waals surface area (Å²) >= 11 is 0. The zero-order valence-electron chi connectivity index (χ0n) is 20.6. The second kappa shape index (κ2) is 24.7. The van der Waals surface area contributed by atoms with Gasteiger partial charge in [0, 0.05) is 6.42 Å². The van der Waals surface area contributed by atoms with Crippen LogP contribution >= 0.6 is 0 Å². The highest BCUT2D eigenvalue weighted by Gasteiger charge is 2.05. The molecule has 0 aliphatic heterocycles. The number of hydrogen-bond acceptors (Lipinski definition) is 3. The lowest BCUT2D eigenvalue weighted by Gasteiger charge is -2.10. The number of ether oxygens (including phenoxy) is 1. The Balaban J connectivity index is 3.26. The van der Waals surface area contributed by atoms with Gasteiger partial charge in [0.1, 0.15) is 0 Å². The second-order valence-electron chi connectivity index (χ2n) is 9.21. The smallest absolute Gasteiger partial charge is 0.305 e. The topological polar surface area (TPSA) is 46.5 Å². The van der Waals surface area contributed by atoms with E-state index in [1.54, 1.807) is 0 Å². The van der Waals surface area contributed by atoms with Crippen molar-refractivity contribution in [3.63, 3.8) is 0 Å². The Morgan fingerprint density at radius 3 is 1.50 bits per heavy atom. The van der Waals surface area contributed by atoms with Crippen LogP contribution in [0.15, 0.2) is 0 Å². The van der Waals surface area contributed by atoms with Crippen LogP contribution in [0.25, 0.3) is 0 Å². The second-order valence-corrected chi connectivity index (χ2v) is 9.21. The highest BCUT2D eigenvalue weighted by Crippen LogP contribution is 2.14. The molecule has 0 fully saturated rings. The number of esters is 1. The fourth-order valence-electron chi connectivity index (χ4n) is 3.98. The van der Waals surface area contributed by atoms with Crippen LogP contribution in [0.2, 0.25) is 0 Å². The molecule has 0 unspecified atom stereocenters. The summed E-state index contributed by atoms with van der Waals surface area (Å²) in [6, 6.07) is 0. The Morgan fingerprint density at radius 1 is 0.600 bits per heavy atom. The summed E-state index contributed by atoms with van der Waals surface area (Å²) in [5, 5.41) is 10.1. The van der Waals surface area contributed by atoms with E-state index in [4.69, 9.17) is 4.74 Å². The molecule has 0 amide bonds. The largest absolute Gasteiger partial charge is 0.466 e. The Bertz CT molecular complexity index is 343. The fraction of sp³-hybridized carbons (Fsp3) is 0.963. The van der Waals surface area contributed by atoms with E-state index in [0.29, 0.717) is 13.0 Å². The molecule has 1 atom stereocenters. The molecule has 1 N–H and O–H groups in total. The normalized spacial score (nSPS) is 12.2. The van der Waals surface area contributed by atoms with Crippen LogP contribution in [0, 0.1) is 0 Å². The predicted molar refractivity (Wildman–Crippen MR) is 130 cm³/mol. The lowest BCUT2D eigenvalue weighted by Crippen LogP contribution is -2.07. The number of aliphatic hydroxyl groups is 1. The van der Waals surface area contributed by atoms with Gasteiger partial charge in [0.2, 0.25) is 0 Å². The SMILES string of the molecule is CCCCCCCCCCOC(=O)CCCCCC[C@H](O)CCCCCCCCC. The van der Waals surface area contributed by atoms with E-state index in [1.807, 2.05) is 0 Å². The first-order valence-electron chi connectivity index (χ1n) is 13.5. The summed E-state index contributed by atoms with van der Waals surface area (Å²) in [5.41, 5.74) is 0. The average Bonchev–Trinajstić information content (AvgIpc) is 2.74. The average molecular weight is 427 g/mol. The van der Waals surface area contributed by atoms with Crippen LogP contribution < -0.4 is 0 Å². The van der Waals surface area contributed by atoms with Gasteiger partial charge in [-0.1, -0.05) is 123 Å². The number of rotatable bonds is 24. The lowest BCUT2D eigenvalue weighted by molar-refractivity contribution is -0.143. The van der Waals surface area contributed by atoms with Crippen molar-refractivity contribution in [2.75, 3.05) is 6.61 Å². The maximum atomic E-state index is 11.8. The monoisotopic (exact) mass is 426 g/mol. The first kappa shape index (κ1) is 29.4. The Labute approximate surface area is 188 Å². The molecule has 0 spiro atoms. The van der Waals surface area contributed by atoms with Crippen molar-refractivity contribution in [1.82, 2.24) is 0 Å². The number of aliphatic hydroxyl groups excluding tert-OH is 1. The van der Waals surface area contributed by atoms with E-state index in [9.17, 15) is 9.90 Å². The minimum atomic E-state index is -0.128. The summed E-state index contributed by atoms with van der Waals surface area (Å²) in [6.45, 7) is 5.09. The van der Waals surface area contributed by atoms with Crippen molar-refractivity contribution in [2.24, 2.45) is 0 Å². The summed E-state index contributed by atoms with van der Waals surface area (Å²) in [5.74, 6) is -0.0306. The summed E-state index contributed by atoms with van der Waals surface area (Å²) in [6.07, 6.45) is 25.8.